The van der Waals surface area contributed by atoms with Crippen LogP contribution in [-0.4, -0.2) is 5.11 Å². The van der Waals surface area contributed by atoms with Crippen molar-refractivity contribution in [3.63, 3.8) is 0 Å². The Morgan fingerprint density at radius 3 is 1.73 bits per heavy atom. The number of hydrogen-bond donors (Lipinski definition) is 1. The summed E-state index contributed by atoms with van der Waals surface area (Å²) in [4.78, 5) is 12.3. The van der Waals surface area contributed by atoms with Gasteiger partial charge < -0.3 is 19.0 Å². The van der Waals surface area contributed by atoms with E-state index >= 15 is 0 Å². The molecule has 152 valence electrons. The molecule has 1 unspecified atom stereocenters. The molecule has 7 heteroatoms. The van der Waals surface area contributed by atoms with Gasteiger partial charge in [-0.05, 0) is 72.5 Å². The van der Waals surface area contributed by atoms with Crippen LogP contribution < -0.4 is 43.5 Å². The number of hydrogen-bond acceptors (Lipinski definition) is 5. The molecule has 3 aromatic rings. The van der Waals surface area contributed by atoms with Crippen molar-refractivity contribution in [3.05, 3.63) is 89.0 Å². The van der Waals surface area contributed by atoms with Gasteiger partial charge in [-0.15, -0.1) is 0 Å². The van der Waals surface area contributed by atoms with E-state index in [0.29, 0.717) is 0 Å². The number of phenolic OH excluding ortho intramolecular Hbond substituents is 1. The molecule has 0 aromatic heterocycles. The molecule has 0 bridgehead atoms. The number of benzene rings is 3. The molecule has 0 aliphatic heterocycles. The van der Waals surface area contributed by atoms with Crippen LogP contribution in [0.1, 0.15) is 36.1 Å². The molecule has 3 rings (SSSR count). The maximum absolute atomic E-state index is 12.3. The van der Waals surface area contributed by atoms with Crippen LogP contribution in [0, 0.1) is 13.8 Å². The average Bonchev–Trinajstić information content (AvgIpc) is 2.60. The summed E-state index contributed by atoms with van der Waals surface area (Å²) in [5.41, 5.74) is 3.48. The molecule has 1 atom stereocenters. The molecule has 30 heavy (non-hydrogen) atoms. The molecule has 0 saturated carbocycles. The van der Waals surface area contributed by atoms with Gasteiger partial charge in [0.15, 0.2) is 0 Å². The van der Waals surface area contributed by atoms with Crippen LogP contribution >= 0.6 is 7.82 Å². The fourth-order valence-electron chi connectivity index (χ4n) is 3.24. The monoisotopic (exact) mass is 434 g/mol. The third kappa shape index (κ3) is 6.13. The van der Waals surface area contributed by atoms with Gasteiger partial charge in [-0.3, -0.25) is 0 Å². The number of phosphoric ester groups is 1. The summed E-state index contributed by atoms with van der Waals surface area (Å²) in [6, 6.07) is 19.1. The first-order valence-corrected chi connectivity index (χ1v) is 10.7. The van der Waals surface area contributed by atoms with Crippen molar-refractivity contribution in [1.29, 1.82) is 0 Å². The molecule has 0 heterocycles. The van der Waals surface area contributed by atoms with E-state index in [1.165, 1.54) is 0 Å². The number of aryl methyl sites for hydroxylation is 2. The van der Waals surface area contributed by atoms with E-state index in [2.05, 4.69) is 13.8 Å². The summed E-state index contributed by atoms with van der Waals surface area (Å²) in [5, 5.41) is 9.49. The Hall–Kier alpha value is -1.75. The van der Waals surface area contributed by atoms with Crippen molar-refractivity contribution in [1.82, 2.24) is 0 Å². The molecule has 0 spiro atoms. The van der Waals surface area contributed by atoms with Crippen molar-refractivity contribution < 1.29 is 53.2 Å². The topological polar surface area (TPSA) is 78.8 Å². The quantitative estimate of drug-likeness (QED) is 0.476. The van der Waals surface area contributed by atoms with E-state index < -0.39 is 7.82 Å². The third-order valence-electron chi connectivity index (χ3n) is 4.79. The number of aromatic hydroxyl groups is 1. The molecular weight excluding hydrogens is 410 g/mol. The first kappa shape index (κ1) is 24.5. The third-order valence-corrected chi connectivity index (χ3v) is 5.66. The molecule has 5 nitrogen and oxygen atoms in total. The van der Waals surface area contributed by atoms with Gasteiger partial charge in [0.2, 0.25) is 0 Å². The fraction of sp³-hybridized carbons (Fsp3) is 0.217. The molecule has 0 radical (unpaired) electrons. The Morgan fingerprint density at radius 1 is 0.800 bits per heavy atom. The second kappa shape index (κ2) is 9.59. The fourth-order valence-corrected chi connectivity index (χ4v) is 4.02. The van der Waals surface area contributed by atoms with Crippen LogP contribution in [0.25, 0.3) is 0 Å². The Balaban J connectivity index is 0.00000320. The Morgan fingerprint density at radius 2 is 1.23 bits per heavy atom. The van der Waals surface area contributed by atoms with E-state index in [0.717, 1.165) is 22.3 Å². The molecule has 3 aromatic carbocycles. The predicted molar refractivity (Wildman–Crippen MR) is 111 cm³/mol. The maximum Gasteiger partial charge on any atom is 1.00 e. The summed E-state index contributed by atoms with van der Waals surface area (Å²) in [5.74, 6) is 0.618. The zero-order valence-electron chi connectivity index (χ0n) is 17.9. The molecule has 0 amide bonds. The van der Waals surface area contributed by atoms with Crippen molar-refractivity contribution in [3.8, 4) is 17.2 Å². The average molecular weight is 434 g/mol. The summed E-state index contributed by atoms with van der Waals surface area (Å²) in [6.07, 6.45) is 0. The van der Waals surface area contributed by atoms with Crippen LogP contribution in [-0.2, 0) is 9.98 Å². The maximum atomic E-state index is 12.3. The minimum Gasteiger partial charge on any atom is -0.736 e. The first-order valence-electron chi connectivity index (χ1n) is 9.24. The van der Waals surface area contributed by atoms with E-state index in [9.17, 15) is 14.6 Å². The Bertz CT molecular complexity index is 1030. The minimum atomic E-state index is -4.57. The summed E-state index contributed by atoms with van der Waals surface area (Å²) in [7, 11) is -4.57. The van der Waals surface area contributed by atoms with Gasteiger partial charge in [0.25, 0.3) is 0 Å². The van der Waals surface area contributed by atoms with Gasteiger partial charge in [0.05, 0.1) is 0 Å². The predicted octanol–water partition coefficient (Wildman–Crippen LogP) is 2.27. The smallest absolute Gasteiger partial charge is 0.736 e. The number of rotatable bonds is 6. The summed E-state index contributed by atoms with van der Waals surface area (Å²) < 4.78 is 22.5. The number of phenols is 1. The zero-order valence-corrected chi connectivity index (χ0v) is 20.8. The van der Waals surface area contributed by atoms with Crippen molar-refractivity contribution in [2.75, 3.05) is 0 Å². The van der Waals surface area contributed by atoms with Crippen molar-refractivity contribution in [2.45, 2.75) is 33.1 Å². The molecule has 0 fully saturated rings. The van der Waals surface area contributed by atoms with Crippen LogP contribution in [0.4, 0.5) is 0 Å². The van der Waals surface area contributed by atoms with Crippen LogP contribution in [0.15, 0.2) is 66.7 Å². The van der Waals surface area contributed by atoms with Crippen LogP contribution in [0.3, 0.4) is 0 Å². The Kier molecular flexibility index (Phi) is 7.84. The van der Waals surface area contributed by atoms with Gasteiger partial charge in [-0.25, -0.2) is 4.57 Å². The van der Waals surface area contributed by atoms with Gasteiger partial charge >= 0.3 is 37.4 Å². The van der Waals surface area contributed by atoms with Crippen LogP contribution in [0.5, 0.6) is 17.2 Å². The second-order valence-electron chi connectivity index (χ2n) is 7.65. The molecule has 0 aliphatic rings. The number of phosphoric acid groups is 1. The molecule has 0 saturated heterocycles. The van der Waals surface area contributed by atoms with Crippen LogP contribution in [0.2, 0.25) is 0 Å². The van der Waals surface area contributed by atoms with Gasteiger partial charge in [-0.2, -0.15) is 0 Å². The molecular formula is C23H24NaO5P. The minimum absolute atomic E-state index is 0. The molecule has 1 N–H and O–H groups in total. The first-order chi connectivity index (χ1) is 13.5. The summed E-state index contributed by atoms with van der Waals surface area (Å²) >= 11 is 0. The molecule has 0 aliphatic carbocycles. The van der Waals surface area contributed by atoms with E-state index in [1.54, 1.807) is 36.4 Å². The van der Waals surface area contributed by atoms with Gasteiger partial charge in [-0.1, -0.05) is 44.2 Å². The Labute approximate surface area is 199 Å². The second-order valence-corrected chi connectivity index (χ2v) is 8.91. The zero-order chi connectivity index (χ0) is 21.2. The largest absolute Gasteiger partial charge is 1.00 e. The SMILES string of the molecule is Cc1cc(C)cc(OP(=O)([O-])Oc2ccc(C(C)(C)c3ccc(O)cc3)cc2)c1.[Na+]. The normalized spacial score (nSPS) is 13.1. The van der Waals surface area contributed by atoms with Crippen molar-refractivity contribution >= 4 is 7.82 Å². The van der Waals surface area contributed by atoms with Gasteiger partial charge in [0, 0.05) is 5.41 Å². The standard InChI is InChI=1S/C23H25O5P.Na/c1-16-13-17(2)15-22(14-16)28-29(25,26)27-21-11-7-19(8-12-21)23(3,4)18-5-9-20(24)10-6-18;/h5-15,24H,1-4H3,(H,25,26);/q;+1/p-1. The summed E-state index contributed by atoms with van der Waals surface area (Å²) in [6.45, 7) is 7.84. The van der Waals surface area contributed by atoms with E-state index in [1.807, 2.05) is 44.2 Å². The van der Waals surface area contributed by atoms with Gasteiger partial charge in [0.1, 0.15) is 17.2 Å². The van der Waals surface area contributed by atoms with Crippen molar-refractivity contribution in [2.24, 2.45) is 0 Å². The van der Waals surface area contributed by atoms with E-state index in [-0.39, 0.29) is 52.2 Å². The van der Waals surface area contributed by atoms with E-state index in [4.69, 9.17) is 9.05 Å².